The summed E-state index contributed by atoms with van der Waals surface area (Å²) in [6, 6.07) is 11.7. The summed E-state index contributed by atoms with van der Waals surface area (Å²) in [5, 5.41) is 3.34. The number of hydrogen-bond acceptors (Lipinski definition) is 4. The van der Waals surface area contributed by atoms with Crippen LogP contribution in [0.5, 0.6) is 5.75 Å². The van der Waals surface area contributed by atoms with Crippen LogP contribution in [0.25, 0.3) is 10.1 Å². The Kier molecular flexibility index (Phi) is 3.25. The van der Waals surface area contributed by atoms with Gasteiger partial charge in [0.2, 0.25) is 0 Å². The van der Waals surface area contributed by atoms with Gasteiger partial charge in [-0.05, 0) is 29.0 Å². The van der Waals surface area contributed by atoms with Gasteiger partial charge < -0.3 is 4.74 Å². The third-order valence-electron chi connectivity index (χ3n) is 2.84. The highest BCUT2D eigenvalue weighted by Crippen LogP contribution is 2.26. The first-order valence-corrected chi connectivity index (χ1v) is 6.74. The molecule has 0 saturated heterocycles. The molecule has 0 fully saturated rings. The SMILES string of the molecule is O=Cc1ccc(OCc2csc3ccccc23)cn1. The molecule has 2 aromatic heterocycles. The number of rotatable bonds is 4. The number of carbonyl (C=O) groups is 1. The van der Waals surface area contributed by atoms with Crippen molar-refractivity contribution in [2.24, 2.45) is 0 Å². The van der Waals surface area contributed by atoms with E-state index in [1.165, 1.54) is 15.6 Å². The van der Waals surface area contributed by atoms with Gasteiger partial charge in [0.15, 0.2) is 6.29 Å². The van der Waals surface area contributed by atoms with Crippen molar-refractivity contribution in [1.29, 1.82) is 0 Å². The van der Waals surface area contributed by atoms with Gasteiger partial charge in [-0.3, -0.25) is 4.79 Å². The zero-order valence-corrected chi connectivity index (χ0v) is 10.9. The standard InChI is InChI=1S/C15H11NO2S/c17-8-12-5-6-13(7-16-12)18-9-11-10-19-15-4-2-1-3-14(11)15/h1-8,10H,9H2. The third-order valence-corrected chi connectivity index (χ3v) is 3.85. The predicted molar refractivity (Wildman–Crippen MR) is 75.8 cm³/mol. The number of pyridine rings is 1. The zero-order valence-electron chi connectivity index (χ0n) is 10.1. The van der Waals surface area contributed by atoms with Crippen molar-refractivity contribution in [3.8, 4) is 5.75 Å². The molecule has 0 spiro atoms. The Morgan fingerprint density at radius 3 is 2.89 bits per heavy atom. The lowest BCUT2D eigenvalue weighted by Gasteiger charge is -2.04. The van der Waals surface area contributed by atoms with Gasteiger partial charge in [0.1, 0.15) is 18.1 Å². The van der Waals surface area contributed by atoms with Crippen molar-refractivity contribution in [1.82, 2.24) is 4.98 Å². The molecule has 0 aliphatic rings. The van der Waals surface area contributed by atoms with Crippen LogP contribution < -0.4 is 4.74 Å². The van der Waals surface area contributed by atoms with Crippen LogP contribution >= 0.6 is 11.3 Å². The number of benzene rings is 1. The molecule has 0 radical (unpaired) electrons. The molecule has 0 aliphatic heterocycles. The van der Waals surface area contributed by atoms with E-state index in [1.54, 1.807) is 29.7 Å². The first kappa shape index (κ1) is 11.9. The minimum Gasteiger partial charge on any atom is -0.487 e. The van der Waals surface area contributed by atoms with Gasteiger partial charge in [0.25, 0.3) is 0 Å². The predicted octanol–water partition coefficient (Wildman–Crippen LogP) is 3.69. The molecular weight excluding hydrogens is 258 g/mol. The maximum atomic E-state index is 10.5. The number of nitrogens with zero attached hydrogens (tertiary/aromatic N) is 1. The van der Waals surface area contributed by atoms with Crippen LogP contribution in [-0.4, -0.2) is 11.3 Å². The van der Waals surface area contributed by atoms with Gasteiger partial charge in [-0.25, -0.2) is 4.98 Å². The first-order chi connectivity index (χ1) is 9.36. The second kappa shape index (κ2) is 5.20. The molecule has 19 heavy (non-hydrogen) atoms. The average molecular weight is 269 g/mol. The van der Waals surface area contributed by atoms with Gasteiger partial charge in [0, 0.05) is 10.3 Å². The quantitative estimate of drug-likeness (QED) is 0.678. The van der Waals surface area contributed by atoms with E-state index >= 15 is 0 Å². The zero-order chi connectivity index (χ0) is 13.1. The Morgan fingerprint density at radius 1 is 1.21 bits per heavy atom. The molecular formula is C15H11NO2S. The number of fused-ring (bicyclic) bond motifs is 1. The molecule has 0 amide bonds. The maximum absolute atomic E-state index is 10.5. The van der Waals surface area contributed by atoms with Crippen LogP contribution in [0.4, 0.5) is 0 Å². The fourth-order valence-electron chi connectivity index (χ4n) is 1.85. The fraction of sp³-hybridized carbons (Fsp3) is 0.0667. The van der Waals surface area contributed by atoms with Crippen molar-refractivity contribution in [3.05, 3.63) is 59.2 Å². The monoisotopic (exact) mass is 269 g/mol. The molecule has 2 heterocycles. The highest BCUT2D eigenvalue weighted by atomic mass is 32.1. The Balaban J connectivity index is 1.76. The molecule has 4 heteroatoms. The van der Waals surface area contributed by atoms with Crippen molar-refractivity contribution < 1.29 is 9.53 Å². The van der Waals surface area contributed by atoms with Crippen molar-refractivity contribution in [3.63, 3.8) is 0 Å². The minimum absolute atomic E-state index is 0.410. The summed E-state index contributed by atoms with van der Waals surface area (Å²) in [5.74, 6) is 0.667. The van der Waals surface area contributed by atoms with Crippen molar-refractivity contribution in [2.75, 3.05) is 0 Å². The summed E-state index contributed by atoms with van der Waals surface area (Å²) in [7, 11) is 0. The van der Waals surface area contributed by atoms with E-state index in [-0.39, 0.29) is 0 Å². The maximum Gasteiger partial charge on any atom is 0.168 e. The molecule has 3 aromatic rings. The minimum atomic E-state index is 0.410. The van der Waals surface area contributed by atoms with Crippen LogP contribution in [0, 0.1) is 0 Å². The highest BCUT2D eigenvalue weighted by Gasteiger charge is 2.04. The fourth-order valence-corrected chi connectivity index (χ4v) is 2.80. The summed E-state index contributed by atoms with van der Waals surface area (Å²) >= 11 is 1.71. The van der Waals surface area contributed by atoms with Gasteiger partial charge in [-0.2, -0.15) is 0 Å². The van der Waals surface area contributed by atoms with E-state index in [1.807, 2.05) is 12.1 Å². The number of thiophene rings is 1. The Hall–Kier alpha value is -2.20. The second-order valence-corrected chi connectivity index (χ2v) is 4.99. The molecule has 94 valence electrons. The van der Waals surface area contributed by atoms with E-state index in [2.05, 4.69) is 22.5 Å². The van der Waals surface area contributed by atoms with Gasteiger partial charge in [-0.15, -0.1) is 11.3 Å². The molecule has 0 N–H and O–H groups in total. The summed E-state index contributed by atoms with van der Waals surface area (Å²) in [6.07, 6.45) is 2.29. The molecule has 0 atom stereocenters. The van der Waals surface area contributed by atoms with Gasteiger partial charge >= 0.3 is 0 Å². The lowest BCUT2D eigenvalue weighted by atomic mass is 10.2. The number of carbonyl (C=O) groups excluding carboxylic acids is 1. The van der Waals surface area contributed by atoms with E-state index in [4.69, 9.17) is 4.74 Å². The molecule has 0 saturated carbocycles. The smallest absolute Gasteiger partial charge is 0.168 e. The van der Waals surface area contributed by atoms with Crippen LogP contribution in [0.1, 0.15) is 16.1 Å². The molecule has 3 nitrogen and oxygen atoms in total. The largest absolute Gasteiger partial charge is 0.487 e. The molecule has 0 aliphatic carbocycles. The van der Waals surface area contributed by atoms with E-state index < -0.39 is 0 Å². The normalized spacial score (nSPS) is 10.5. The summed E-state index contributed by atoms with van der Waals surface area (Å²) in [6.45, 7) is 0.506. The Morgan fingerprint density at radius 2 is 2.11 bits per heavy atom. The van der Waals surface area contributed by atoms with E-state index in [0.717, 1.165) is 6.29 Å². The molecule has 0 unspecified atom stereocenters. The van der Waals surface area contributed by atoms with Crippen LogP contribution in [0.15, 0.2) is 48.0 Å². The number of aromatic nitrogens is 1. The van der Waals surface area contributed by atoms with Gasteiger partial charge in [-0.1, -0.05) is 18.2 Å². The van der Waals surface area contributed by atoms with Gasteiger partial charge in [0.05, 0.1) is 6.20 Å². The van der Waals surface area contributed by atoms with E-state index in [9.17, 15) is 4.79 Å². The topological polar surface area (TPSA) is 39.2 Å². The number of ether oxygens (including phenoxy) is 1. The number of hydrogen-bond donors (Lipinski definition) is 0. The Bertz CT molecular complexity index is 703. The van der Waals surface area contributed by atoms with Crippen molar-refractivity contribution in [2.45, 2.75) is 6.61 Å². The first-order valence-electron chi connectivity index (χ1n) is 5.86. The number of aldehydes is 1. The third kappa shape index (κ3) is 2.48. The Labute approximate surface area is 114 Å². The van der Waals surface area contributed by atoms with Crippen molar-refractivity contribution >= 4 is 27.7 Å². The molecule has 3 rings (SSSR count). The average Bonchev–Trinajstić information content (AvgIpc) is 2.89. The summed E-state index contributed by atoms with van der Waals surface area (Å²) < 4.78 is 6.95. The second-order valence-electron chi connectivity index (χ2n) is 4.08. The van der Waals surface area contributed by atoms with E-state index in [0.29, 0.717) is 18.1 Å². The lowest BCUT2D eigenvalue weighted by Crippen LogP contribution is -1.95. The molecule has 0 bridgehead atoms. The summed E-state index contributed by atoms with van der Waals surface area (Å²) in [5.41, 5.74) is 1.58. The lowest BCUT2D eigenvalue weighted by molar-refractivity contribution is 0.111. The van der Waals surface area contributed by atoms with Crippen LogP contribution in [0.2, 0.25) is 0 Å². The summed E-state index contributed by atoms with van der Waals surface area (Å²) in [4.78, 5) is 14.5. The van der Waals surface area contributed by atoms with Crippen LogP contribution in [0.3, 0.4) is 0 Å². The molecule has 1 aromatic carbocycles. The van der Waals surface area contributed by atoms with Crippen LogP contribution in [-0.2, 0) is 6.61 Å². The highest BCUT2D eigenvalue weighted by molar-refractivity contribution is 7.17.